The van der Waals surface area contributed by atoms with Gasteiger partial charge in [0, 0.05) is 39.1 Å². The molecule has 384 valence electrons. The van der Waals surface area contributed by atoms with Gasteiger partial charge in [-0.15, -0.1) is 0 Å². The van der Waals surface area contributed by atoms with Crippen molar-refractivity contribution < 1.29 is 111 Å². The molecule has 31 heteroatoms. The van der Waals surface area contributed by atoms with E-state index in [0.29, 0.717) is 84.6 Å². The predicted molar refractivity (Wildman–Crippen MR) is 220 cm³/mol. The molecule has 0 saturated carbocycles. The van der Waals surface area contributed by atoms with E-state index in [9.17, 15) is 61.5 Å². The molecule has 6 N–H and O–H groups in total. The molecular formula is C34H64N2O25S4. The van der Waals surface area contributed by atoms with Crippen LogP contribution in [-0.4, -0.2) is 178 Å². The van der Waals surface area contributed by atoms with Crippen LogP contribution in [0.15, 0.2) is 0 Å². The Labute approximate surface area is 380 Å². The van der Waals surface area contributed by atoms with Crippen LogP contribution < -0.4 is 10.6 Å². The number of carbonyl (C=O) groups excluding carboxylic acids is 2. The summed E-state index contributed by atoms with van der Waals surface area (Å²) in [6.45, 7) is 7.43. The highest BCUT2D eigenvalue weighted by Gasteiger charge is 2.54. The number of carbonyl (C=O) groups is 2. The van der Waals surface area contributed by atoms with Crippen molar-refractivity contribution in [1.29, 1.82) is 0 Å². The summed E-state index contributed by atoms with van der Waals surface area (Å²) in [6, 6.07) is 0. The molecule has 9 unspecified atom stereocenters. The van der Waals surface area contributed by atoms with Crippen LogP contribution >= 0.6 is 0 Å². The lowest BCUT2D eigenvalue weighted by Crippen LogP contribution is -2.63. The van der Waals surface area contributed by atoms with E-state index in [1.807, 2.05) is 6.92 Å². The van der Waals surface area contributed by atoms with Crippen molar-refractivity contribution in [2.75, 3.05) is 59.3 Å². The van der Waals surface area contributed by atoms with Gasteiger partial charge in [0.05, 0.1) is 38.6 Å². The Balaban J connectivity index is 1.80. The summed E-state index contributed by atoms with van der Waals surface area (Å²) < 4.78 is 189. The minimum absolute atomic E-state index is 0.0390. The Kier molecular flexibility index (Phi) is 27.3. The second-order valence-electron chi connectivity index (χ2n) is 14.8. The van der Waals surface area contributed by atoms with Crippen molar-refractivity contribution in [2.24, 2.45) is 0 Å². The van der Waals surface area contributed by atoms with E-state index in [0.717, 1.165) is 25.7 Å². The van der Waals surface area contributed by atoms with Crippen LogP contribution in [0.3, 0.4) is 0 Å². The van der Waals surface area contributed by atoms with Crippen molar-refractivity contribution in [3.8, 4) is 0 Å². The molecule has 9 atom stereocenters. The van der Waals surface area contributed by atoms with Crippen LogP contribution in [0.5, 0.6) is 0 Å². The molecule has 0 aliphatic carbocycles. The first-order chi connectivity index (χ1) is 30.4. The van der Waals surface area contributed by atoms with Gasteiger partial charge in [-0.1, -0.05) is 32.1 Å². The summed E-state index contributed by atoms with van der Waals surface area (Å²) in [6.07, 6.45) is -11.2. The molecule has 0 aromatic heterocycles. The fourth-order valence-electron chi connectivity index (χ4n) is 6.51. The van der Waals surface area contributed by atoms with E-state index >= 15 is 0 Å². The lowest BCUT2D eigenvalue weighted by atomic mass is 9.98. The fraction of sp³-hybridized carbons (Fsp3) is 0.941. The summed E-state index contributed by atoms with van der Waals surface area (Å²) >= 11 is 0. The highest BCUT2D eigenvalue weighted by atomic mass is 32.3. The maximum absolute atomic E-state index is 12.3. The smallest absolute Gasteiger partial charge is 0.379 e. The van der Waals surface area contributed by atoms with Gasteiger partial charge < -0.3 is 43.8 Å². The minimum Gasteiger partial charge on any atom is -0.379 e. The van der Waals surface area contributed by atoms with Crippen molar-refractivity contribution in [1.82, 2.24) is 10.6 Å². The molecule has 0 bridgehead atoms. The average Bonchev–Trinajstić information content (AvgIpc) is 3.16. The second-order valence-corrected chi connectivity index (χ2v) is 18.9. The summed E-state index contributed by atoms with van der Waals surface area (Å²) in [5.41, 5.74) is 0. The topological polar surface area (TPSA) is 377 Å². The lowest BCUT2D eigenvalue weighted by molar-refractivity contribution is -0.334. The number of unbranched alkanes of at least 4 members (excludes halogenated alkanes) is 7. The van der Waals surface area contributed by atoms with Crippen LogP contribution in [0.25, 0.3) is 0 Å². The summed E-state index contributed by atoms with van der Waals surface area (Å²) in [5, 5.41) is 5.64. The zero-order valence-electron chi connectivity index (χ0n) is 36.3. The third-order valence-corrected chi connectivity index (χ3v) is 11.2. The third-order valence-electron chi connectivity index (χ3n) is 9.29. The molecule has 2 aliphatic rings. The number of hydrogen-bond acceptors (Lipinski definition) is 21. The number of rotatable bonds is 35. The van der Waals surface area contributed by atoms with Gasteiger partial charge in [-0.3, -0.25) is 27.8 Å². The Hall–Kier alpha value is -1.86. The normalized spacial score (nSPS) is 25.6. The number of hydrogen-bond donors (Lipinski definition) is 6. The highest BCUT2D eigenvalue weighted by molar-refractivity contribution is 7.81. The molecule has 0 spiro atoms. The highest BCUT2D eigenvalue weighted by Crippen LogP contribution is 2.35. The molecule has 0 aromatic carbocycles. The molecule has 2 heterocycles. The largest absolute Gasteiger partial charge is 0.397 e. The van der Waals surface area contributed by atoms with E-state index in [1.54, 1.807) is 0 Å². The molecule has 27 nitrogen and oxygen atoms in total. The standard InChI is InChI=1S/C34H64N2O25S4/c1-4-51-18-19-52-20-21-53-23-28(38)36-16-11-7-5-6-10-14-27(37)35-15-12-8-9-13-17-54-33-32(61-65(48,49)50)31(60-64(45,46)47)29(25(3)56-33)57-34-30(59-63(42,43)44)26(22-24(2)55-34)58-62(39,40)41/h24-26,29-34H,4-23H2,1-3H3,(H,35,37)(H,36,38)(H,39,40,41)(H,42,43,44)(H,45,46,47)(H,48,49,50). The van der Waals surface area contributed by atoms with Crippen molar-refractivity contribution in [3.63, 3.8) is 0 Å². The van der Waals surface area contributed by atoms with Crippen LogP contribution in [0, 0.1) is 0 Å². The van der Waals surface area contributed by atoms with E-state index in [1.165, 1.54) is 13.8 Å². The van der Waals surface area contributed by atoms with Crippen LogP contribution in [0.2, 0.25) is 0 Å². The second kappa shape index (κ2) is 29.9. The quantitative estimate of drug-likeness (QED) is 0.0365. The summed E-state index contributed by atoms with van der Waals surface area (Å²) in [4.78, 5) is 24.1. The number of nitrogens with one attached hydrogen (secondary N) is 2. The Morgan fingerprint density at radius 3 is 1.66 bits per heavy atom. The van der Waals surface area contributed by atoms with Gasteiger partial charge >= 0.3 is 41.6 Å². The maximum atomic E-state index is 12.3. The van der Waals surface area contributed by atoms with Crippen LogP contribution in [0.1, 0.15) is 91.4 Å². The van der Waals surface area contributed by atoms with Crippen LogP contribution in [-0.2, 0) is 101 Å². The molecule has 2 amide bonds. The van der Waals surface area contributed by atoms with Crippen molar-refractivity contribution in [3.05, 3.63) is 0 Å². The monoisotopic (exact) mass is 1030 g/mol. The molecule has 0 aromatic rings. The van der Waals surface area contributed by atoms with Gasteiger partial charge in [0.2, 0.25) is 11.8 Å². The summed E-state index contributed by atoms with van der Waals surface area (Å²) in [5.74, 6) is -0.299. The third kappa shape index (κ3) is 27.7. The first kappa shape index (κ1) is 59.3. The van der Waals surface area contributed by atoms with Gasteiger partial charge in [-0.25, -0.2) is 16.7 Å². The Bertz CT molecular complexity index is 1840. The minimum atomic E-state index is -5.53. The van der Waals surface area contributed by atoms with E-state index in [2.05, 4.69) is 23.2 Å². The van der Waals surface area contributed by atoms with E-state index in [4.69, 9.17) is 37.3 Å². The van der Waals surface area contributed by atoms with Crippen molar-refractivity contribution in [2.45, 2.75) is 147 Å². The molecule has 0 radical (unpaired) electrons. The zero-order valence-corrected chi connectivity index (χ0v) is 39.6. The van der Waals surface area contributed by atoms with Gasteiger partial charge in [0.1, 0.15) is 24.9 Å². The molecule has 2 fully saturated rings. The number of ether oxygens (including phenoxy) is 7. The van der Waals surface area contributed by atoms with Gasteiger partial charge in [-0.05, 0) is 46.5 Å². The van der Waals surface area contributed by atoms with Gasteiger partial charge in [0.25, 0.3) is 0 Å². The first-order valence-electron chi connectivity index (χ1n) is 20.8. The molecule has 2 rings (SSSR count). The van der Waals surface area contributed by atoms with Crippen LogP contribution in [0.4, 0.5) is 0 Å². The Morgan fingerprint density at radius 2 is 1.06 bits per heavy atom. The lowest BCUT2D eigenvalue weighted by Gasteiger charge is -2.46. The molecule has 2 saturated heterocycles. The van der Waals surface area contributed by atoms with E-state index < -0.39 is 103 Å². The fourth-order valence-corrected chi connectivity index (χ4v) is 8.49. The van der Waals surface area contributed by atoms with E-state index in [-0.39, 0.29) is 25.0 Å². The number of amides is 2. The van der Waals surface area contributed by atoms with Crippen molar-refractivity contribution >= 4 is 53.4 Å². The molecule has 2 aliphatic heterocycles. The molecule has 65 heavy (non-hydrogen) atoms. The van der Waals surface area contributed by atoms with Gasteiger partial charge in [-0.2, -0.15) is 33.7 Å². The zero-order chi connectivity index (χ0) is 48.7. The SMILES string of the molecule is CCOCCOCCOCC(=O)NCCCCCCCC(=O)NCCCCCCOC1OC(C)C(OC2OC(C)CC(OS(=O)(=O)O)C2OS(=O)(=O)O)C(OS(=O)(=O)O)C1OS(=O)(=O)O. The predicted octanol–water partition coefficient (Wildman–Crippen LogP) is 0.223. The van der Waals surface area contributed by atoms with Gasteiger partial charge in [0.15, 0.2) is 24.8 Å². The average molecular weight is 1030 g/mol. The Morgan fingerprint density at radius 1 is 0.554 bits per heavy atom. The maximum Gasteiger partial charge on any atom is 0.397 e. The summed E-state index contributed by atoms with van der Waals surface area (Å²) in [7, 11) is -21.7. The first-order valence-corrected chi connectivity index (χ1v) is 26.3. The molecular weight excluding hydrogens is 965 g/mol.